The molecule has 0 unspecified atom stereocenters. The zero-order chi connectivity index (χ0) is 13.7. The van der Waals surface area contributed by atoms with Crippen LogP contribution in [0.4, 0.5) is 0 Å². The van der Waals surface area contributed by atoms with E-state index < -0.39 is 0 Å². The highest BCUT2D eigenvalue weighted by Crippen LogP contribution is 2.34. The fraction of sp³-hybridized carbons (Fsp3) is 0.222. The monoisotopic (exact) mass is 268 g/mol. The molecule has 0 heterocycles. The summed E-state index contributed by atoms with van der Waals surface area (Å²) >= 11 is 1.87. The summed E-state index contributed by atoms with van der Waals surface area (Å²) in [7, 11) is 0. The summed E-state index contributed by atoms with van der Waals surface area (Å²) in [4.78, 5) is 2.71. The van der Waals surface area contributed by atoms with Crippen molar-refractivity contribution in [3.8, 4) is 0 Å². The van der Waals surface area contributed by atoms with Crippen LogP contribution in [0.3, 0.4) is 0 Å². The first-order chi connectivity index (χ1) is 9.26. The lowest BCUT2D eigenvalue weighted by molar-refractivity contribution is 1.08. The van der Waals surface area contributed by atoms with Crippen LogP contribution < -0.4 is 0 Å². The predicted octanol–water partition coefficient (Wildman–Crippen LogP) is 5.44. The zero-order valence-electron chi connectivity index (χ0n) is 11.6. The Labute approximate surface area is 120 Å². The third-order valence-corrected chi connectivity index (χ3v) is 4.51. The van der Waals surface area contributed by atoms with Crippen LogP contribution in [0.25, 0.3) is 0 Å². The molecule has 0 fully saturated rings. The Kier molecular flexibility index (Phi) is 4.86. The highest BCUT2D eigenvalue weighted by molar-refractivity contribution is 7.99. The van der Waals surface area contributed by atoms with Gasteiger partial charge in [0.2, 0.25) is 0 Å². The first-order valence-corrected chi connectivity index (χ1v) is 7.53. The second-order valence-electron chi connectivity index (χ2n) is 4.61. The fourth-order valence-corrected chi connectivity index (χ4v) is 3.43. The van der Waals surface area contributed by atoms with Crippen LogP contribution in [-0.4, -0.2) is 0 Å². The average Bonchev–Trinajstić information content (AvgIpc) is 2.43. The van der Waals surface area contributed by atoms with Gasteiger partial charge in [0.1, 0.15) is 0 Å². The maximum absolute atomic E-state index is 3.87. The van der Waals surface area contributed by atoms with E-state index in [-0.39, 0.29) is 0 Å². The molecule has 19 heavy (non-hydrogen) atoms. The van der Waals surface area contributed by atoms with Crippen LogP contribution in [0.5, 0.6) is 0 Å². The minimum absolute atomic E-state index is 0.934. The van der Waals surface area contributed by atoms with Gasteiger partial charge in [0, 0.05) is 9.79 Å². The summed E-state index contributed by atoms with van der Waals surface area (Å²) in [5.74, 6) is 0. The Hall–Kier alpha value is -1.47. The van der Waals surface area contributed by atoms with Crippen molar-refractivity contribution in [3.63, 3.8) is 0 Å². The quantitative estimate of drug-likeness (QED) is 0.651. The van der Waals surface area contributed by atoms with Gasteiger partial charge in [-0.1, -0.05) is 55.1 Å². The van der Waals surface area contributed by atoms with Gasteiger partial charge in [0.15, 0.2) is 0 Å². The molecule has 0 atom stereocenters. The molecule has 1 heteroatoms. The number of hydrogen-bond acceptors (Lipinski definition) is 1. The molecule has 0 spiro atoms. The molecule has 0 N–H and O–H groups in total. The zero-order valence-corrected chi connectivity index (χ0v) is 12.5. The molecule has 0 aromatic heterocycles. The van der Waals surface area contributed by atoms with Gasteiger partial charge in [-0.3, -0.25) is 0 Å². The van der Waals surface area contributed by atoms with E-state index >= 15 is 0 Å². The van der Waals surface area contributed by atoms with Crippen molar-refractivity contribution in [2.45, 2.75) is 36.5 Å². The van der Waals surface area contributed by atoms with Crippen LogP contribution in [0.1, 0.15) is 23.6 Å². The van der Waals surface area contributed by atoms with E-state index in [4.69, 9.17) is 0 Å². The molecular formula is C18H20S. The summed E-state index contributed by atoms with van der Waals surface area (Å²) in [6, 6.07) is 15.2. The molecule has 0 aliphatic heterocycles. The van der Waals surface area contributed by atoms with Crippen molar-refractivity contribution in [1.29, 1.82) is 0 Å². The van der Waals surface area contributed by atoms with E-state index in [1.807, 2.05) is 17.8 Å². The van der Waals surface area contributed by atoms with Gasteiger partial charge in [-0.05, 0) is 48.6 Å². The summed E-state index contributed by atoms with van der Waals surface area (Å²) in [6.07, 6.45) is 3.99. The Morgan fingerprint density at radius 3 is 2.53 bits per heavy atom. The average molecular weight is 268 g/mol. The minimum Gasteiger partial charge on any atom is -0.103 e. The largest absolute Gasteiger partial charge is 0.103 e. The van der Waals surface area contributed by atoms with Crippen LogP contribution in [0.15, 0.2) is 64.9 Å². The molecule has 0 radical (unpaired) electrons. The third kappa shape index (κ3) is 3.30. The van der Waals surface area contributed by atoms with Crippen molar-refractivity contribution in [2.24, 2.45) is 0 Å². The molecule has 0 saturated carbocycles. The molecule has 98 valence electrons. The van der Waals surface area contributed by atoms with Gasteiger partial charge in [-0.2, -0.15) is 0 Å². The Bertz CT molecular complexity index is 570. The molecule has 0 aliphatic rings. The molecule has 2 aromatic carbocycles. The Morgan fingerprint density at radius 2 is 1.79 bits per heavy atom. The highest BCUT2D eigenvalue weighted by Gasteiger charge is 2.08. The molecule has 2 aromatic rings. The van der Waals surface area contributed by atoms with Crippen molar-refractivity contribution in [3.05, 3.63) is 71.8 Å². The minimum atomic E-state index is 0.934. The van der Waals surface area contributed by atoms with Gasteiger partial charge in [0.25, 0.3) is 0 Å². The second-order valence-corrected chi connectivity index (χ2v) is 5.69. The Balaban J connectivity index is 2.37. The molecule has 2 rings (SSSR count). The first kappa shape index (κ1) is 14.0. The lowest BCUT2D eigenvalue weighted by Gasteiger charge is -2.12. The summed E-state index contributed by atoms with van der Waals surface area (Å²) in [6.45, 7) is 8.25. The van der Waals surface area contributed by atoms with Gasteiger partial charge in [-0.25, -0.2) is 0 Å². The van der Waals surface area contributed by atoms with E-state index in [1.54, 1.807) is 0 Å². The number of rotatable bonds is 5. The predicted molar refractivity (Wildman–Crippen MR) is 85.0 cm³/mol. The van der Waals surface area contributed by atoms with Crippen LogP contribution in [0, 0.1) is 6.92 Å². The second kappa shape index (κ2) is 6.63. The smallest absolute Gasteiger partial charge is 0.0160 e. The summed E-state index contributed by atoms with van der Waals surface area (Å²) < 4.78 is 0. The van der Waals surface area contributed by atoms with E-state index in [0.717, 1.165) is 12.8 Å². The van der Waals surface area contributed by atoms with Gasteiger partial charge in [-0.15, -0.1) is 6.58 Å². The normalized spacial score (nSPS) is 10.4. The number of benzene rings is 2. The van der Waals surface area contributed by atoms with Crippen molar-refractivity contribution >= 4 is 11.8 Å². The fourth-order valence-electron chi connectivity index (χ4n) is 2.19. The lowest BCUT2D eigenvalue weighted by atomic mass is 10.1. The van der Waals surface area contributed by atoms with Crippen LogP contribution in [-0.2, 0) is 12.8 Å². The van der Waals surface area contributed by atoms with E-state index in [2.05, 4.69) is 62.9 Å². The molecule has 0 amide bonds. The van der Waals surface area contributed by atoms with E-state index in [9.17, 15) is 0 Å². The first-order valence-electron chi connectivity index (χ1n) is 6.71. The number of allylic oxidation sites excluding steroid dienone is 1. The van der Waals surface area contributed by atoms with Crippen LogP contribution >= 0.6 is 11.8 Å². The summed E-state index contributed by atoms with van der Waals surface area (Å²) in [5.41, 5.74) is 4.16. The maximum Gasteiger partial charge on any atom is 0.0160 e. The molecular weight excluding hydrogens is 248 g/mol. The standard InChI is InChI=1S/C18H20S/c1-4-9-16-14(3)10-8-13-18(16)19-17-12-7-6-11-15(17)5-2/h4,6-8,10-13H,1,5,9H2,2-3H3. The highest BCUT2D eigenvalue weighted by atomic mass is 32.2. The number of hydrogen-bond donors (Lipinski definition) is 0. The summed E-state index contributed by atoms with van der Waals surface area (Å²) in [5, 5.41) is 0. The van der Waals surface area contributed by atoms with Crippen LogP contribution in [0.2, 0.25) is 0 Å². The van der Waals surface area contributed by atoms with Crippen molar-refractivity contribution < 1.29 is 0 Å². The van der Waals surface area contributed by atoms with E-state index in [0.29, 0.717) is 0 Å². The SMILES string of the molecule is C=CCc1c(C)cccc1Sc1ccccc1CC. The number of aryl methyl sites for hydroxylation is 2. The third-order valence-electron chi connectivity index (χ3n) is 3.29. The lowest BCUT2D eigenvalue weighted by Crippen LogP contribution is -1.92. The molecule has 0 saturated heterocycles. The molecule has 0 aliphatic carbocycles. The maximum atomic E-state index is 3.87. The van der Waals surface area contributed by atoms with Crippen molar-refractivity contribution in [2.75, 3.05) is 0 Å². The van der Waals surface area contributed by atoms with E-state index in [1.165, 1.54) is 26.5 Å². The molecule has 0 nitrogen and oxygen atoms in total. The van der Waals surface area contributed by atoms with Crippen molar-refractivity contribution in [1.82, 2.24) is 0 Å². The Morgan fingerprint density at radius 1 is 1.05 bits per heavy atom. The van der Waals surface area contributed by atoms with Gasteiger partial charge >= 0.3 is 0 Å². The van der Waals surface area contributed by atoms with Gasteiger partial charge < -0.3 is 0 Å². The topological polar surface area (TPSA) is 0 Å². The van der Waals surface area contributed by atoms with Gasteiger partial charge in [0.05, 0.1) is 0 Å². The molecule has 0 bridgehead atoms.